The molecule has 0 aromatic rings. The van der Waals surface area contributed by atoms with Crippen LogP contribution in [0.5, 0.6) is 0 Å². The van der Waals surface area contributed by atoms with Crippen LogP contribution in [0.15, 0.2) is 12.2 Å². The molecule has 72 valence electrons. The zero-order chi connectivity index (χ0) is 9.42. The average molecular weight is 201 g/mol. The molecule has 2 rings (SSSR count). The van der Waals surface area contributed by atoms with Gasteiger partial charge in [0.15, 0.2) is 0 Å². The van der Waals surface area contributed by atoms with Crippen LogP contribution >= 0.6 is 11.6 Å². The molecule has 1 saturated carbocycles. The van der Waals surface area contributed by atoms with E-state index in [9.17, 15) is 4.79 Å². The van der Waals surface area contributed by atoms with E-state index in [2.05, 4.69) is 12.2 Å². The first-order chi connectivity index (χ1) is 6.24. The molecule has 3 heteroatoms. The van der Waals surface area contributed by atoms with E-state index >= 15 is 0 Å². The molecular weight excluding hydrogens is 188 g/mol. The second-order valence-electron chi connectivity index (χ2n) is 3.67. The molecule has 0 aromatic heterocycles. The second kappa shape index (κ2) is 3.33. The molecule has 13 heavy (non-hydrogen) atoms. The van der Waals surface area contributed by atoms with Crippen LogP contribution in [0.3, 0.4) is 0 Å². The molecule has 2 nitrogen and oxygen atoms in total. The normalized spacial score (nSPS) is 41.1. The van der Waals surface area contributed by atoms with Crippen LogP contribution in [-0.4, -0.2) is 18.0 Å². The summed E-state index contributed by atoms with van der Waals surface area (Å²) in [6, 6.07) is 0. The smallest absolute Gasteiger partial charge is 0.311 e. The van der Waals surface area contributed by atoms with Gasteiger partial charge in [-0.2, -0.15) is 0 Å². The van der Waals surface area contributed by atoms with E-state index in [1.807, 2.05) is 6.92 Å². The summed E-state index contributed by atoms with van der Waals surface area (Å²) in [4.78, 5) is 11.5. The number of esters is 1. The average Bonchev–Trinajstić information content (AvgIpc) is 2.63. The van der Waals surface area contributed by atoms with Crippen LogP contribution in [0.4, 0.5) is 0 Å². The summed E-state index contributed by atoms with van der Waals surface area (Å²) in [5.74, 6) is 0.489. The van der Waals surface area contributed by atoms with Gasteiger partial charge in [-0.25, -0.2) is 0 Å². The Labute approximate surface area is 82.9 Å². The second-order valence-corrected chi connectivity index (χ2v) is 4.17. The fourth-order valence-electron chi connectivity index (χ4n) is 2.31. The first-order valence-electron chi connectivity index (χ1n) is 4.73. The van der Waals surface area contributed by atoms with Crippen molar-refractivity contribution >= 4 is 17.6 Å². The first kappa shape index (κ1) is 9.07. The molecule has 2 aliphatic rings. The van der Waals surface area contributed by atoms with E-state index in [1.165, 1.54) is 0 Å². The molecule has 1 fully saturated rings. The maximum absolute atomic E-state index is 11.5. The Morgan fingerprint density at radius 2 is 2.23 bits per heavy atom. The predicted molar refractivity (Wildman–Crippen MR) is 50.5 cm³/mol. The molecule has 0 N–H and O–H groups in total. The van der Waals surface area contributed by atoms with Gasteiger partial charge in [-0.05, 0) is 25.2 Å². The molecule has 0 saturated heterocycles. The van der Waals surface area contributed by atoms with E-state index in [0.717, 1.165) is 6.42 Å². The van der Waals surface area contributed by atoms with Gasteiger partial charge >= 0.3 is 5.97 Å². The zero-order valence-electron chi connectivity index (χ0n) is 7.57. The summed E-state index contributed by atoms with van der Waals surface area (Å²) in [7, 11) is 0. The van der Waals surface area contributed by atoms with Gasteiger partial charge in [-0.3, -0.25) is 4.79 Å². The number of ether oxygens (including phenoxy) is 1. The monoisotopic (exact) mass is 200 g/mol. The lowest BCUT2D eigenvalue weighted by molar-refractivity contribution is -0.148. The number of halogens is 1. The topological polar surface area (TPSA) is 26.3 Å². The Balaban J connectivity index is 2.08. The molecule has 0 heterocycles. The van der Waals surface area contributed by atoms with Crippen LogP contribution in [0.1, 0.15) is 13.3 Å². The SMILES string of the molecule is CCOC(=O)[C@@H]1[C@@H](Cl)[C@@H]2C=C[C@H]1C2. The lowest BCUT2D eigenvalue weighted by Gasteiger charge is -2.20. The Morgan fingerprint density at radius 1 is 1.54 bits per heavy atom. The summed E-state index contributed by atoms with van der Waals surface area (Å²) in [6.45, 7) is 2.27. The first-order valence-corrected chi connectivity index (χ1v) is 5.16. The number of carbonyl (C=O) groups excluding carboxylic acids is 1. The summed E-state index contributed by atoms with van der Waals surface area (Å²) in [5, 5.41) is -0.0472. The largest absolute Gasteiger partial charge is 0.466 e. The standard InChI is InChI=1S/C10H13ClO2/c1-2-13-10(12)8-6-3-4-7(5-6)9(8)11/h3-4,6-9H,2,5H2,1H3/t6-,7+,8-,9-/m0/s1. The highest BCUT2D eigenvalue weighted by Crippen LogP contribution is 2.46. The van der Waals surface area contributed by atoms with Crippen LogP contribution in [-0.2, 0) is 9.53 Å². The van der Waals surface area contributed by atoms with E-state index in [0.29, 0.717) is 18.4 Å². The van der Waals surface area contributed by atoms with E-state index in [-0.39, 0.29) is 17.3 Å². The number of hydrogen-bond acceptors (Lipinski definition) is 2. The van der Waals surface area contributed by atoms with Crippen molar-refractivity contribution in [2.24, 2.45) is 17.8 Å². The highest BCUT2D eigenvalue weighted by molar-refractivity contribution is 6.22. The minimum absolute atomic E-state index is 0.0472. The Hall–Kier alpha value is -0.500. The van der Waals surface area contributed by atoms with Crippen molar-refractivity contribution in [1.29, 1.82) is 0 Å². The number of fused-ring (bicyclic) bond motifs is 2. The van der Waals surface area contributed by atoms with Crippen molar-refractivity contribution in [3.8, 4) is 0 Å². The summed E-state index contributed by atoms with van der Waals surface area (Å²) < 4.78 is 4.99. The van der Waals surface area contributed by atoms with Gasteiger partial charge in [0.05, 0.1) is 17.9 Å². The van der Waals surface area contributed by atoms with Gasteiger partial charge in [0, 0.05) is 0 Å². The molecule has 2 aliphatic carbocycles. The Bertz CT molecular complexity index is 249. The highest BCUT2D eigenvalue weighted by atomic mass is 35.5. The molecule has 0 radical (unpaired) electrons. The number of carbonyl (C=O) groups is 1. The lowest BCUT2D eigenvalue weighted by Crippen LogP contribution is -2.29. The molecule has 2 bridgehead atoms. The third kappa shape index (κ3) is 1.37. The maximum atomic E-state index is 11.5. The minimum Gasteiger partial charge on any atom is -0.466 e. The number of hydrogen-bond donors (Lipinski definition) is 0. The van der Waals surface area contributed by atoms with Crippen molar-refractivity contribution in [3.63, 3.8) is 0 Å². The van der Waals surface area contributed by atoms with Crippen LogP contribution in [0.2, 0.25) is 0 Å². The van der Waals surface area contributed by atoms with Gasteiger partial charge in [-0.1, -0.05) is 12.2 Å². The van der Waals surface area contributed by atoms with Crippen molar-refractivity contribution in [1.82, 2.24) is 0 Å². The minimum atomic E-state index is -0.126. The molecular formula is C10H13ClO2. The number of allylic oxidation sites excluding steroid dienone is 2. The van der Waals surface area contributed by atoms with Gasteiger partial charge in [0.25, 0.3) is 0 Å². The summed E-state index contributed by atoms with van der Waals surface area (Å²) in [6.07, 6.45) is 5.25. The van der Waals surface area contributed by atoms with Gasteiger partial charge in [0.1, 0.15) is 0 Å². The number of alkyl halides is 1. The maximum Gasteiger partial charge on any atom is 0.311 e. The molecule has 0 unspecified atom stereocenters. The van der Waals surface area contributed by atoms with Crippen molar-refractivity contribution < 1.29 is 9.53 Å². The van der Waals surface area contributed by atoms with Gasteiger partial charge in [-0.15, -0.1) is 11.6 Å². The summed E-state index contributed by atoms with van der Waals surface area (Å²) >= 11 is 6.15. The van der Waals surface area contributed by atoms with Gasteiger partial charge in [0.2, 0.25) is 0 Å². The van der Waals surface area contributed by atoms with Crippen molar-refractivity contribution in [2.75, 3.05) is 6.61 Å². The third-order valence-corrected chi connectivity index (χ3v) is 3.52. The molecule has 0 spiro atoms. The third-order valence-electron chi connectivity index (χ3n) is 2.92. The van der Waals surface area contributed by atoms with E-state index in [4.69, 9.17) is 16.3 Å². The van der Waals surface area contributed by atoms with Crippen molar-refractivity contribution in [3.05, 3.63) is 12.2 Å². The lowest BCUT2D eigenvalue weighted by atomic mass is 9.93. The van der Waals surface area contributed by atoms with Crippen LogP contribution in [0, 0.1) is 17.8 Å². The van der Waals surface area contributed by atoms with Crippen LogP contribution < -0.4 is 0 Å². The Morgan fingerprint density at radius 3 is 2.77 bits per heavy atom. The zero-order valence-corrected chi connectivity index (χ0v) is 8.33. The molecule has 0 aliphatic heterocycles. The Kier molecular flexibility index (Phi) is 2.33. The van der Waals surface area contributed by atoms with Crippen LogP contribution in [0.25, 0.3) is 0 Å². The van der Waals surface area contributed by atoms with E-state index in [1.54, 1.807) is 0 Å². The predicted octanol–water partition coefficient (Wildman–Crippen LogP) is 1.98. The number of rotatable bonds is 2. The molecule has 4 atom stereocenters. The van der Waals surface area contributed by atoms with Crippen molar-refractivity contribution in [2.45, 2.75) is 18.7 Å². The fraction of sp³-hybridized carbons (Fsp3) is 0.700. The summed E-state index contributed by atoms with van der Waals surface area (Å²) in [5.41, 5.74) is 0. The van der Waals surface area contributed by atoms with Gasteiger partial charge < -0.3 is 4.74 Å². The highest BCUT2D eigenvalue weighted by Gasteiger charge is 2.47. The fourth-order valence-corrected chi connectivity index (χ4v) is 2.78. The molecule has 0 amide bonds. The molecule has 0 aromatic carbocycles. The van der Waals surface area contributed by atoms with E-state index < -0.39 is 0 Å². The quantitative estimate of drug-likeness (QED) is 0.387.